The molecule has 1 aliphatic rings. The zero-order valence-electron chi connectivity index (χ0n) is 14.4. The standard InChI is InChI=1S/C18H21Cl2N5/c1-12(14-6-7-15(19)16(20)10-14)23-24-17-11-18(22-13(2)21-17)25-8-4-3-5-9-25/h6-7,10-11H,3-5,8-9H2,1-2H3,(H,21,22,24)/b23-12+. The fraction of sp³-hybridized carbons (Fsp3) is 0.389. The molecule has 0 spiro atoms. The maximum absolute atomic E-state index is 6.07. The SMILES string of the molecule is C/C(=N\Nc1cc(N2CCCCC2)nc(C)n1)c1ccc(Cl)c(Cl)c1. The first kappa shape index (κ1) is 18.0. The van der Waals surface area contributed by atoms with Crippen LogP contribution in [-0.2, 0) is 0 Å². The molecule has 0 aliphatic carbocycles. The van der Waals surface area contributed by atoms with Crippen LogP contribution in [0.25, 0.3) is 0 Å². The van der Waals surface area contributed by atoms with Gasteiger partial charge in [0, 0.05) is 19.2 Å². The van der Waals surface area contributed by atoms with E-state index in [9.17, 15) is 0 Å². The van der Waals surface area contributed by atoms with Gasteiger partial charge in [0.15, 0.2) is 5.82 Å². The highest BCUT2D eigenvalue weighted by Gasteiger charge is 2.13. The van der Waals surface area contributed by atoms with Crippen LogP contribution in [-0.4, -0.2) is 28.8 Å². The lowest BCUT2D eigenvalue weighted by Gasteiger charge is -2.28. The summed E-state index contributed by atoms with van der Waals surface area (Å²) in [4.78, 5) is 11.3. The highest BCUT2D eigenvalue weighted by atomic mass is 35.5. The molecule has 3 rings (SSSR count). The van der Waals surface area contributed by atoms with E-state index in [-0.39, 0.29) is 0 Å². The van der Waals surface area contributed by atoms with Gasteiger partial charge in [0.2, 0.25) is 0 Å². The van der Waals surface area contributed by atoms with Crippen molar-refractivity contribution < 1.29 is 0 Å². The summed E-state index contributed by atoms with van der Waals surface area (Å²) >= 11 is 12.0. The Labute approximate surface area is 158 Å². The van der Waals surface area contributed by atoms with E-state index >= 15 is 0 Å². The predicted molar refractivity (Wildman–Crippen MR) is 105 cm³/mol. The summed E-state index contributed by atoms with van der Waals surface area (Å²) < 4.78 is 0. The van der Waals surface area contributed by atoms with Gasteiger partial charge in [-0.2, -0.15) is 5.10 Å². The average Bonchev–Trinajstić information content (AvgIpc) is 2.62. The zero-order chi connectivity index (χ0) is 17.8. The van der Waals surface area contributed by atoms with Gasteiger partial charge >= 0.3 is 0 Å². The molecule has 1 aromatic heterocycles. The van der Waals surface area contributed by atoms with Crippen molar-refractivity contribution in [2.45, 2.75) is 33.1 Å². The van der Waals surface area contributed by atoms with E-state index in [1.54, 1.807) is 12.1 Å². The lowest BCUT2D eigenvalue weighted by molar-refractivity contribution is 0.572. The Kier molecular flexibility index (Phi) is 5.76. The van der Waals surface area contributed by atoms with Gasteiger partial charge in [0.25, 0.3) is 0 Å². The number of piperidine rings is 1. The van der Waals surface area contributed by atoms with E-state index in [0.717, 1.165) is 36.0 Å². The van der Waals surface area contributed by atoms with Gasteiger partial charge in [-0.1, -0.05) is 29.3 Å². The monoisotopic (exact) mass is 377 g/mol. The van der Waals surface area contributed by atoms with E-state index in [2.05, 4.69) is 25.4 Å². The summed E-state index contributed by atoms with van der Waals surface area (Å²) in [6, 6.07) is 7.40. The van der Waals surface area contributed by atoms with E-state index in [4.69, 9.17) is 23.2 Å². The Morgan fingerprint density at radius 2 is 1.84 bits per heavy atom. The minimum Gasteiger partial charge on any atom is -0.356 e. The van der Waals surface area contributed by atoms with Crippen molar-refractivity contribution in [3.8, 4) is 0 Å². The van der Waals surface area contributed by atoms with Gasteiger partial charge in [0.1, 0.15) is 11.6 Å². The number of hydrazone groups is 1. The van der Waals surface area contributed by atoms with E-state index in [0.29, 0.717) is 15.9 Å². The summed E-state index contributed by atoms with van der Waals surface area (Å²) in [6.07, 6.45) is 3.71. The van der Waals surface area contributed by atoms with E-state index in [1.807, 2.05) is 26.0 Å². The molecule has 7 heteroatoms. The number of anilines is 2. The van der Waals surface area contributed by atoms with Crippen molar-refractivity contribution in [3.05, 3.63) is 45.7 Å². The van der Waals surface area contributed by atoms with Crippen molar-refractivity contribution in [2.75, 3.05) is 23.4 Å². The Morgan fingerprint density at radius 1 is 1.08 bits per heavy atom. The van der Waals surface area contributed by atoms with Crippen LogP contribution in [0, 0.1) is 6.92 Å². The van der Waals surface area contributed by atoms with Gasteiger partial charge in [-0.25, -0.2) is 9.97 Å². The van der Waals surface area contributed by atoms with Crippen LogP contribution in [0.5, 0.6) is 0 Å². The number of benzene rings is 1. The molecule has 1 fully saturated rings. The molecular weight excluding hydrogens is 357 g/mol. The summed E-state index contributed by atoms with van der Waals surface area (Å²) in [5, 5.41) is 5.46. The fourth-order valence-electron chi connectivity index (χ4n) is 2.82. The summed E-state index contributed by atoms with van der Waals surface area (Å²) in [7, 11) is 0. The number of aryl methyl sites for hydroxylation is 1. The largest absolute Gasteiger partial charge is 0.356 e. The van der Waals surface area contributed by atoms with Crippen molar-refractivity contribution in [1.82, 2.24) is 9.97 Å². The van der Waals surface area contributed by atoms with Crippen molar-refractivity contribution in [2.24, 2.45) is 5.10 Å². The lowest BCUT2D eigenvalue weighted by atomic mass is 10.1. The van der Waals surface area contributed by atoms with Gasteiger partial charge in [-0.15, -0.1) is 0 Å². The first-order valence-corrected chi connectivity index (χ1v) is 9.15. The summed E-state index contributed by atoms with van der Waals surface area (Å²) in [6.45, 7) is 5.89. The normalized spacial score (nSPS) is 15.4. The molecule has 0 atom stereocenters. The predicted octanol–water partition coefficient (Wildman–Crippen LogP) is 4.92. The molecule has 1 aliphatic heterocycles. The minimum atomic E-state index is 0.513. The molecule has 2 heterocycles. The van der Waals surface area contributed by atoms with Crippen LogP contribution in [0.2, 0.25) is 10.0 Å². The van der Waals surface area contributed by atoms with Crippen molar-refractivity contribution in [3.63, 3.8) is 0 Å². The van der Waals surface area contributed by atoms with Crippen LogP contribution in [0.4, 0.5) is 11.6 Å². The number of rotatable bonds is 4. The molecule has 2 aromatic rings. The summed E-state index contributed by atoms with van der Waals surface area (Å²) in [5.74, 6) is 2.37. The van der Waals surface area contributed by atoms with Crippen LogP contribution in [0.15, 0.2) is 29.4 Å². The molecule has 0 amide bonds. The second-order valence-corrected chi connectivity index (χ2v) is 6.96. The Hall–Kier alpha value is -1.85. The van der Waals surface area contributed by atoms with E-state index in [1.165, 1.54) is 19.3 Å². The van der Waals surface area contributed by atoms with Crippen molar-refractivity contribution >= 4 is 40.5 Å². The zero-order valence-corrected chi connectivity index (χ0v) is 15.9. The average molecular weight is 378 g/mol. The third-order valence-electron chi connectivity index (χ3n) is 4.18. The topological polar surface area (TPSA) is 53.4 Å². The van der Waals surface area contributed by atoms with Gasteiger partial charge < -0.3 is 4.90 Å². The quantitative estimate of drug-likeness (QED) is 0.606. The molecule has 25 heavy (non-hydrogen) atoms. The number of nitrogens with one attached hydrogen (secondary N) is 1. The number of hydrogen-bond donors (Lipinski definition) is 1. The molecule has 0 saturated carbocycles. The number of hydrogen-bond acceptors (Lipinski definition) is 5. The van der Waals surface area contributed by atoms with Crippen molar-refractivity contribution in [1.29, 1.82) is 0 Å². The Bertz CT molecular complexity index is 785. The van der Waals surface area contributed by atoms with Gasteiger partial charge in [-0.3, -0.25) is 5.43 Å². The third kappa shape index (κ3) is 4.61. The van der Waals surface area contributed by atoms with Crippen LogP contribution in [0.3, 0.4) is 0 Å². The van der Waals surface area contributed by atoms with Crippen LogP contribution in [0.1, 0.15) is 37.6 Å². The molecule has 0 unspecified atom stereocenters. The number of nitrogens with zero attached hydrogens (tertiary/aromatic N) is 4. The van der Waals surface area contributed by atoms with E-state index < -0.39 is 0 Å². The second kappa shape index (κ2) is 8.02. The maximum atomic E-state index is 6.07. The molecule has 1 aromatic carbocycles. The molecule has 5 nitrogen and oxygen atoms in total. The number of halogens is 2. The molecule has 0 radical (unpaired) electrons. The molecule has 132 valence electrons. The molecule has 1 N–H and O–H groups in total. The first-order valence-electron chi connectivity index (χ1n) is 8.39. The first-order chi connectivity index (χ1) is 12.0. The van der Waals surface area contributed by atoms with Crippen LogP contribution < -0.4 is 10.3 Å². The smallest absolute Gasteiger partial charge is 0.152 e. The number of aromatic nitrogens is 2. The highest BCUT2D eigenvalue weighted by Crippen LogP contribution is 2.23. The second-order valence-electron chi connectivity index (χ2n) is 6.14. The van der Waals surface area contributed by atoms with Gasteiger partial charge in [-0.05, 0) is 50.8 Å². The molecule has 1 saturated heterocycles. The van der Waals surface area contributed by atoms with Crippen LogP contribution >= 0.6 is 23.2 Å². The third-order valence-corrected chi connectivity index (χ3v) is 4.92. The molecular formula is C18H21Cl2N5. The minimum absolute atomic E-state index is 0.513. The molecule has 0 bridgehead atoms. The Morgan fingerprint density at radius 3 is 2.56 bits per heavy atom. The lowest BCUT2D eigenvalue weighted by Crippen LogP contribution is -2.30. The Balaban J connectivity index is 1.77. The fourth-order valence-corrected chi connectivity index (χ4v) is 3.12. The van der Waals surface area contributed by atoms with Gasteiger partial charge in [0.05, 0.1) is 15.8 Å². The summed E-state index contributed by atoms with van der Waals surface area (Å²) in [5.41, 5.74) is 4.74. The highest BCUT2D eigenvalue weighted by molar-refractivity contribution is 6.42. The maximum Gasteiger partial charge on any atom is 0.152 e.